The minimum absolute atomic E-state index is 0.274. The van der Waals surface area contributed by atoms with Gasteiger partial charge in [-0.25, -0.2) is 0 Å². The van der Waals surface area contributed by atoms with Gasteiger partial charge in [0.2, 0.25) is 0 Å². The number of rotatable bonds is 4. The predicted molar refractivity (Wildman–Crippen MR) is 68.4 cm³/mol. The molecule has 94 valence electrons. The average Bonchev–Trinajstić information content (AvgIpc) is 2.68. The second kappa shape index (κ2) is 4.96. The van der Waals surface area contributed by atoms with Crippen molar-refractivity contribution in [1.82, 2.24) is 4.90 Å². The van der Waals surface area contributed by atoms with Gasteiger partial charge >= 0.3 is 0 Å². The number of aromatic hydroxyl groups is 1. The minimum Gasteiger partial charge on any atom is -0.508 e. The Hall–Kier alpha value is -1.22. The van der Waals surface area contributed by atoms with Gasteiger partial charge in [-0.2, -0.15) is 0 Å². The van der Waals surface area contributed by atoms with Gasteiger partial charge < -0.3 is 9.84 Å². The number of ether oxygens (including phenoxy) is 1. The summed E-state index contributed by atoms with van der Waals surface area (Å²) in [5, 5.41) is 9.43. The van der Waals surface area contributed by atoms with Crippen LogP contribution < -0.4 is 4.74 Å². The summed E-state index contributed by atoms with van der Waals surface area (Å²) in [5.74, 6) is 1.75. The summed E-state index contributed by atoms with van der Waals surface area (Å²) in [7, 11) is 0. The molecule has 17 heavy (non-hydrogen) atoms. The van der Waals surface area contributed by atoms with E-state index >= 15 is 0 Å². The summed E-state index contributed by atoms with van der Waals surface area (Å²) in [6.45, 7) is 9.43. The van der Waals surface area contributed by atoms with E-state index in [1.807, 2.05) is 6.07 Å². The lowest BCUT2D eigenvalue weighted by molar-refractivity contribution is 0.154. The second-order valence-electron chi connectivity index (χ2n) is 5.03. The first-order valence-corrected chi connectivity index (χ1v) is 6.31. The van der Waals surface area contributed by atoms with Crippen molar-refractivity contribution < 1.29 is 9.84 Å². The lowest BCUT2D eigenvalue weighted by Crippen LogP contribution is -2.32. The van der Waals surface area contributed by atoms with Crippen molar-refractivity contribution in [2.75, 3.05) is 19.7 Å². The van der Waals surface area contributed by atoms with Crippen LogP contribution >= 0.6 is 0 Å². The molecule has 1 aromatic rings. The monoisotopic (exact) mass is 235 g/mol. The summed E-state index contributed by atoms with van der Waals surface area (Å²) >= 11 is 0. The largest absolute Gasteiger partial charge is 0.508 e. The zero-order valence-corrected chi connectivity index (χ0v) is 10.8. The van der Waals surface area contributed by atoms with E-state index in [4.69, 9.17) is 4.74 Å². The Bertz CT molecular complexity index is 390. The quantitative estimate of drug-likeness (QED) is 0.871. The molecule has 0 fully saturated rings. The summed E-state index contributed by atoms with van der Waals surface area (Å²) < 4.78 is 5.65. The fraction of sp³-hybridized carbons (Fsp3) is 0.571. The zero-order valence-electron chi connectivity index (χ0n) is 10.8. The van der Waals surface area contributed by atoms with Crippen LogP contribution in [0.15, 0.2) is 18.2 Å². The molecule has 3 heteroatoms. The standard InChI is InChI=1S/C14H21NO2/c1-4-15(8-10(2)3)13-9-17-14-7-11(16)5-6-12(13)14/h5-7,10,13,16H,4,8-9H2,1-3H3. The lowest BCUT2D eigenvalue weighted by atomic mass is 10.1. The molecule has 1 atom stereocenters. The van der Waals surface area contributed by atoms with Gasteiger partial charge in [0.15, 0.2) is 0 Å². The molecule has 0 saturated carbocycles. The predicted octanol–water partition coefficient (Wildman–Crippen LogP) is 2.80. The molecule has 0 aliphatic carbocycles. The van der Waals surface area contributed by atoms with Crippen molar-refractivity contribution in [2.24, 2.45) is 5.92 Å². The maximum absolute atomic E-state index is 9.43. The number of phenolic OH excluding ortho intramolecular Hbond substituents is 1. The fourth-order valence-electron chi connectivity index (χ4n) is 2.43. The highest BCUT2D eigenvalue weighted by Crippen LogP contribution is 2.38. The third-order valence-electron chi connectivity index (χ3n) is 3.20. The highest BCUT2D eigenvalue weighted by molar-refractivity contribution is 5.44. The third kappa shape index (κ3) is 2.55. The SMILES string of the molecule is CCN(CC(C)C)C1COc2cc(O)ccc21. The van der Waals surface area contributed by atoms with E-state index in [0.717, 1.165) is 18.8 Å². The van der Waals surface area contributed by atoms with Gasteiger partial charge in [0.1, 0.15) is 18.1 Å². The second-order valence-corrected chi connectivity index (χ2v) is 5.03. The molecule has 0 bridgehead atoms. The first-order chi connectivity index (χ1) is 8.11. The number of benzene rings is 1. The summed E-state index contributed by atoms with van der Waals surface area (Å²) in [5.41, 5.74) is 1.20. The molecule has 0 aromatic heterocycles. The van der Waals surface area contributed by atoms with E-state index in [2.05, 4.69) is 25.7 Å². The highest BCUT2D eigenvalue weighted by Gasteiger charge is 2.29. The van der Waals surface area contributed by atoms with Crippen LogP contribution in [0.2, 0.25) is 0 Å². The lowest BCUT2D eigenvalue weighted by Gasteiger charge is -2.28. The molecule has 1 unspecified atom stereocenters. The average molecular weight is 235 g/mol. The van der Waals surface area contributed by atoms with Crippen molar-refractivity contribution in [3.8, 4) is 11.5 Å². The van der Waals surface area contributed by atoms with E-state index in [1.54, 1.807) is 12.1 Å². The molecule has 1 aliphatic rings. The maximum atomic E-state index is 9.43. The van der Waals surface area contributed by atoms with E-state index in [9.17, 15) is 5.11 Å². The number of fused-ring (bicyclic) bond motifs is 1. The first-order valence-electron chi connectivity index (χ1n) is 6.31. The van der Waals surface area contributed by atoms with Crippen LogP contribution in [0.4, 0.5) is 0 Å². The number of hydrogen-bond donors (Lipinski definition) is 1. The van der Waals surface area contributed by atoms with Crippen molar-refractivity contribution in [3.05, 3.63) is 23.8 Å². The summed E-state index contributed by atoms with van der Waals surface area (Å²) in [6.07, 6.45) is 0. The van der Waals surface area contributed by atoms with Crippen LogP contribution in [0.1, 0.15) is 32.4 Å². The van der Waals surface area contributed by atoms with E-state index in [1.165, 1.54) is 5.56 Å². The Morgan fingerprint density at radius 2 is 2.24 bits per heavy atom. The van der Waals surface area contributed by atoms with Crippen LogP contribution in [0.3, 0.4) is 0 Å². The van der Waals surface area contributed by atoms with Crippen LogP contribution in [-0.4, -0.2) is 29.7 Å². The number of nitrogens with zero attached hydrogens (tertiary/aromatic N) is 1. The van der Waals surface area contributed by atoms with Gasteiger partial charge in [-0.15, -0.1) is 0 Å². The highest BCUT2D eigenvalue weighted by atomic mass is 16.5. The normalized spacial score (nSPS) is 18.5. The van der Waals surface area contributed by atoms with Gasteiger partial charge in [0, 0.05) is 18.2 Å². The van der Waals surface area contributed by atoms with Crippen molar-refractivity contribution >= 4 is 0 Å². The van der Waals surface area contributed by atoms with E-state index in [0.29, 0.717) is 18.6 Å². The van der Waals surface area contributed by atoms with E-state index < -0.39 is 0 Å². The molecule has 1 heterocycles. The molecule has 2 rings (SSSR count). The minimum atomic E-state index is 0.274. The molecular formula is C14H21NO2. The third-order valence-corrected chi connectivity index (χ3v) is 3.20. The Kier molecular flexibility index (Phi) is 3.57. The van der Waals surface area contributed by atoms with Gasteiger partial charge in [-0.05, 0) is 24.6 Å². The smallest absolute Gasteiger partial charge is 0.127 e. The molecule has 1 aliphatic heterocycles. The number of hydrogen-bond acceptors (Lipinski definition) is 3. The van der Waals surface area contributed by atoms with E-state index in [-0.39, 0.29) is 5.75 Å². The summed E-state index contributed by atoms with van der Waals surface area (Å²) in [6, 6.07) is 5.76. The molecule has 3 nitrogen and oxygen atoms in total. The number of phenols is 1. The van der Waals surface area contributed by atoms with Crippen LogP contribution in [0, 0.1) is 5.92 Å². The topological polar surface area (TPSA) is 32.7 Å². The van der Waals surface area contributed by atoms with Crippen molar-refractivity contribution in [2.45, 2.75) is 26.8 Å². The maximum Gasteiger partial charge on any atom is 0.127 e. The zero-order chi connectivity index (χ0) is 12.4. The Morgan fingerprint density at radius 1 is 1.47 bits per heavy atom. The van der Waals surface area contributed by atoms with Crippen molar-refractivity contribution in [1.29, 1.82) is 0 Å². The molecule has 0 radical (unpaired) electrons. The Balaban J connectivity index is 2.20. The molecular weight excluding hydrogens is 214 g/mol. The first kappa shape index (κ1) is 12.2. The Morgan fingerprint density at radius 3 is 2.88 bits per heavy atom. The summed E-state index contributed by atoms with van der Waals surface area (Å²) in [4.78, 5) is 2.44. The van der Waals surface area contributed by atoms with Gasteiger partial charge in [0.05, 0.1) is 6.04 Å². The van der Waals surface area contributed by atoms with Crippen molar-refractivity contribution in [3.63, 3.8) is 0 Å². The molecule has 1 N–H and O–H groups in total. The van der Waals surface area contributed by atoms with Gasteiger partial charge in [0.25, 0.3) is 0 Å². The molecule has 1 aromatic carbocycles. The Labute approximate surface area is 103 Å². The van der Waals surface area contributed by atoms with Gasteiger partial charge in [-0.1, -0.05) is 20.8 Å². The number of likely N-dealkylation sites (N-methyl/N-ethyl adjacent to an activating group) is 1. The molecule has 0 saturated heterocycles. The van der Waals surface area contributed by atoms with Gasteiger partial charge in [-0.3, -0.25) is 4.90 Å². The molecule has 0 amide bonds. The van der Waals surface area contributed by atoms with Crippen LogP contribution in [0.25, 0.3) is 0 Å². The van der Waals surface area contributed by atoms with Crippen LogP contribution in [-0.2, 0) is 0 Å². The molecule has 0 spiro atoms. The fourth-order valence-corrected chi connectivity index (χ4v) is 2.43. The van der Waals surface area contributed by atoms with Crippen LogP contribution in [0.5, 0.6) is 11.5 Å².